The van der Waals surface area contributed by atoms with Gasteiger partial charge in [0.2, 0.25) is 12.7 Å². The van der Waals surface area contributed by atoms with Crippen molar-refractivity contribution in [2.45, 2.75) is 12.5 Å². The molecule has 2 aliphatic heterocycles. The van der Waals surface area contributed by atoms with Crippen LogP contribution in [0.4, 0.5) is 11.4 Å². The van der Waals surface area contributed by atoms with Crippen LogP contribution in [-0.2, 0) is 9.59 Å². The van der Waals surface area contributed by atoms with Crippen LogP contribution in [0.1, 0.15) is 6.42 Å². The molecule has 0 saturated heterocycles. The topological polar surface area (TPSA) is 106 Å². The second-order valence-electron chi connectivity index (χ2n) is 5.87. The summed E-state index contributed by atoms with van der Waals surface area (Å²) in [5.41, 5.74) is 6.97. The number of primary amides is 1. The summed E-state index contributed by atoms with van der Waals surface area (Å²) in [7, 11) is 0. The SMILES string of the molecule is NC(=O)[C@H]1CC(C(=O)Nc2ccc3c(c2)OCO3)=NN1c1ccccc1. The van der Waals surface area contributed by atoms with E-state index in [4.69, 9.17) is 15.2 Å². The van der Waals surface area contributed by atoms with Crippen LogP contribution >= 0.6 is 0 Å². The number of para-hydroxylation sites is 1. The number of nitrogens with zero attached hydrogens (tertiary/aromatic N) is 2. The predicted molar refractivity (Wildman–Crippen MR) is 95.2 cm³/mol. The molecule has 0 fully saturated rings. The molecule has 0 aliphatic carbocycles. The molecule has 0 saturated carbocycles. The van der Waals surface area contributed by atoms with Crippen molar-refractivity contribution in [3.8, 4) is 11.5 Å². The minimum atomic E-state index is -0.699. The van der Waals surface area contributed by atoms with Gasteiger partial charge in [0.05, 0.1) is 5.69 Å². The lowest BCUT2D eigenvalue weighted by atomic mass is 10.1. The maximum atomic E-state index is 12.6. The van der Waals surface area contributed by atoms with Crippen molar-refractivity contribution in [3.05, 3.63) is 48.5 Å². The third kappa shape index (κ3) is 2.92. The van der Waals surface area contributed by atoms with Crippen molar-refractivity contribution >= 4 is 28.9 Å². The number of benzene rings is 2. The number of ether oxygens (including phenoxy) is 2. The molecule has 4 rings (SSSR count). The molecule has 2 heterocycles. The van der Waals surface area contributed by atoms with Gasteiger partial charge in [0.15, 0.2) is 11.5 Å². The zero-order chi connectivity index (χ0) is 18.1. The number of nitrogens with one attached hydrogen (secondary N) is 1. The van der Waals surface area contributed by atoms with E-state index in [-0.39, 0.29) is 18.9 Å². The zero-order valence-corrected chi connectivity index (χ0v) is 13.7. The van der Waals surface area contributed by atoms with Crippen molar-refractivity contribution in [2.75, 3.05) is 17.1 Å². The summed E-state index contributed by atoms with van der Waals surface area (Å²) in [6, 6.07) is 13.5. The first kappa shape index (κ1) is 15.9. The van der Waals surface area contributed by atoms with Crippen LogP contribution < -0.4 is 25.5 Å². The van der Waals surface area contributed by atoms with E-state index in [9.17, 15) is 9.59 Å². The molecule has 1 atom stereocenters. The Balaban J connectivity index is 1.55. The summed E-state index contributed by atoms with van der Waals surface area (Å²) in [5.74, 6) is 0.263. The number of amides is 2. The van der Waals surface area contributed by atoms with Gasteiger partial charge in [0.1, 0.15) is 11.8 Å². The minimum absolute atomic E-state index is 0.139. The molecule has 2 amide bonds. The van der Waals surface area contributed by atoms with Crippen LogP contribution in [0.2, 0.25) is 0 Å². The van der Waals surface area contributed by atoms with E-state index in [2.05, 4.69) is 10.4 Å². The summed E-state index contributed by atoms with van der Waals surface area (Å²) in [6.07, 6.45) is 0.139. The Morgan fingerprint density at radius 2 is 1.88 bits per heavy atom. The van der Waals surface area contributed by atoms with E-state index in [1.807, 2.05) is 18.2 Å². The van der Waals surface area contributed by atoms with Crippen molar-refractivity contribution < 1.29 is 19.1 Å². The fourth-order valence-corrected chi connectivity index (χ4v) is 2.87. The molecule has 0 bridgehead atoms. The van der Waals surface area contributed by atoms with Gasteiger partial charge >= 0.3 is 0 Å². The van der Waals surface area contributed by atoms with Gasteiger partial charge < -0.3 is 20.5 Å². The van der Waals surface area contributed by atoms with Crippen molar-refractivity contribution in [3.63, 3.8) is 0 Å². The lowest BCUT2D eigenvalue weighted by Gasteiger charge is -2.20. The molecule has 2 aliphatic rings. The lowest BCUT2D eigenvalue weighted by molar-refractivity contribution is -0.119. The largest absolute Gasteiger partial charge is 0.454 e. The Bertz CT molecular complexity index is 897. The van der Waals surface area contributed by atoms with Crippen molar-refractivity contribution in [1.82, 2.24) is 0 Å². The number of carbonyl (C=O) groups is 2. The maximum absolute atomic E-state index is 12.6. The van der Waals surface area contributed by atoms with Crippen molar-refractivity contribution in [2.24, 2.45) is 10.8 Å². The highest BCUT2D eigenvalue weighted by atomic mass is 16.7. The summed E-state index contributed by atoms with van der Waals surface area (Å²) in [6.45, 7) is 0.159. The second kappa shape index (κ2) is 6.40. The third-order valence-electron chi connectivity index (χ3n) is 4.15. The minimum Gasteiger partial charge on any atom is -0.454 e. The van der Waals surface area contributed by atoms with Crippen molar-refractivity contribution in [1.29, 1.82) is 0 Å². The number of hydrogen-bond donors (Lipinski definition) is 2. The third-order valence-corrected chi connectivity index (χ3v) is 4.15. The van der Waals surface area contributed by atoms with Gasteiger partial charge in [-0.2, -0.15) is 5.10 Å². The average Bonchev–Trinajstić information content (AvgIpc) is 3.29. The Morgan fingerprint density at radius 1 is 1.12 bits per heavy atom. The Labute approximate surface area is 149 Å². The van der Waals surface area contributed by atoms with Crippen LogP contribution in [0, 0.1) is 0 Å². The van der Waals surface area contributed by atoms with Crippen LogP contribution in [-0.4, -0.2) is 30.4 Å². The summed E-state index contributed by atoms with van der Waals surface area (Å²) >= 11 is 0. The van der Waals surface area contributed by atoms with Gasteiger partial charge in [-0.3, -0.25) is 14.6 Å². The van der Waals surface area contributed by atoms with Gasteiger partial charge in [-0.15, -0.1) is 0 Å². The molecule has 8 heteroatoms. The number of hydrazone groups is 1. The number of carbonyl (C=O) groups excluding carboxylic acids is 2. The van der Waals surface area contributed by atoms with E-state index in [0.29, 0.717) is 22.9 Å². The highest BCUT2D eigenvalue weighted by Crippen LogP contribution is 2.34. The first-order valence-corrected chi connectivity index (χ1v) is 8.04. The summed E-state index contributed by atoms with van der Waals surface area (Å²) in [5, 5.41) is 8.55. The fourth-order valence-electron chi connectivity index (χ4n) is 2.87. The molecule has 0 spiro atoms. The smallest absolute Gasteiger partial charge is 0.271 e. The van der Waals surface area contributed by atoms with Crippen LogP contribution in [0.3, 0.4) is 0 Å². The number of rotatable bonds is 4. The van der Waals surface area contributed by atoms with Gasteiger partial charge in [0, 0.05) is 18.2 Å². The van der Waals surface area contributed by atoms with E-state index >= 15 is 0 Å². The molecule has 2 aromatic carbocycles. The van der Waals surface area contributed by atoms with Gasteiger partial charge in [-0.05, 0) is 24.3 Å². The van der Waals surface area contributed by atoms with E-state index < -0.39 is 17.9 Å². The molecule has 8 nitrogen and oxygen atoms in total. The summed E-state index contributed by atoms with van der Waals surface area (Å²) in [4.78, 5) is 24.4. The molecule has 3 N–H and O–H groups in total. The first-order chi connectivity index (χ1) is 12.6. The average molecular weight is 352 g/mol. The van der Waals surface area contributed by atoms with Gasteiger partial charge in [-0.1, -0.05) is 18.2 Å². The maximum Gasteiger partial charge on any atom is 0.271 e. The molecular formula is C18H16N4O4. The lowest BCUT2D eigenvalue weighted by Crippen LogP contribution is -2.39. The summed E-state index contributed by atoms with van der Waals surface area (Å²) < 4.78 is 10.5. The molecule has 0 aromatic heterocycles. The number of anilines is 2. The zero-order valence-electron chi connectivity index (χ0n) is 13.7. The van der Waals surface area contributed by atoms with Gasteiger partial charge in [0.25, 0.3) is 5.91 Å². The van der Waals surface area contributed by atoms with Gasteiger partial charge in [-0.25, -0.2) is 0 Å². The number of nitrogens with two attached hydrogens (primary N) is 1. The Hall–Kier alpha value is -3.55. The molecule has 2 aromatic rings. The molecular weight excluding hydrogens is 336 g/mol. The fraction of sp³-hybridized carbons (Fsp3) is 0.167. The van der Waals surface area contributed by atoms with Crippen LogP contribution in [0.25, 0.3) is 0 Å². The van der Waals surface area contributed by atoms with Crippen LogP contribution in [0.5, 0.6) is 11.5 Å². The van der Waals surface area contributed by atoms with E-state index in [1.165, 1.54) is 5.01 Å². The Morgan fingerprint density at radius 3 is 2.65 bits per heavy atom. The highest BCUT2D eigenvalue weighted by Gasteiger charge is 2.35. The first-order valence-electron chi connectivity index (χ1n) is 8.04. The monoisotopic (exact) mass is 352 g/mol. The number of fused-ring (bicyclic) bond motifs is 1. The standard InChI is InChI=1S/C18H16N4O4/c19-17(23)14-9-13(21-22(14)12-4-2-1-3-5-12)18(24)20-11-6-7-15-16(8-11)26-10-25-15/h1-8,14H,9-10H2,(H2,19,23)(H,20,24)/t14-/m1/s1. The molecule has 0 unspecified atom stereocenters. The predicted octanol–water partition coefficient (Wildman–Crippen LogP) is 1.47. The molecule has 132 valence electrons. The molecule has 0 radical (unpaired) electrons. The molecule has 26 heavy (non-hydrogen) atoms. The second-order valence-corrected chi connectivity index (χ2v) is 5.87. The highest BCUT2D eigenvalue weighted by molar-refractivity contribution is 6.44. The number of hydrogen-bond acceptors (Lipinski definition) is 6. The van der Waals surface area contributed by atoms with Crippen LogP contribution in [0.15, 0.2) is 53.6 Å². The Kier molecular flexibility index (Phi) is 3.92. The van der Waals surface area contributed by atoms with E-state index in [0.717, 1.165) is 0 Å². The quantitative estimate of drug-likeness (QED) is 0.867. The van der Waals surface area contributed by atoms with E-state index in [1.54, 1.807) is 30.3 Å². The normalized spacial score (nSPS) is 17.8.